The molecule has 0 aromatic heterocycles. The van der Waals surface area contributed by atoms with Gasteiger partial charge in [0.05, 0.1) is 0 Å². The van der Waals surface area contributed by atoms with E-state index in [-0.39, 0.29) is 0 Å². The Bertz CT molecular complexity index is 400. The molecule has 1 aromatic carbocycles. The molecule has 4 heteroatoms. The molecule has 112 valence electrons. The van der Waals surface area contributed by atoms with Crippen molar-refractivity contribution in [1.82, 2.24) is 15.1 Å². The van der Waals surface area contributed by atoms with Crippen molar-refractivity contribution in [2.75, 3.05) is 45.8 Å². The summed E-state index contributed by atoms with van der Waals surface area (Å²) >= 11 is 3.61. The van der Waals surface area contributed by atoms with Crippen molar-refractivity contribution in [2.45, 2.75) is 19.9 Å². The zero-order valence-corrected chi connectivity index (χ0v) is 14.2. The van der Waals surface area contributed by atoms with E-state index < -0.39 is 0 Å². The minimum atomic E-state index is 0.495. The van der Waals surface area contributed by atoms with E-state index >= 15 is 0 Å². The third kappa shape index (κ3) is 4.29. The Morgan fingerprint density at radius 1 is 1.25 bits per heavy atom. The first-order valence-corrected chi connectivity index (χ1v) is 8.46. The van der Waals surface area contributed by atoms with E-state index in [0.717, 1.165) is 45.8 Å². The monoisotopic (exact) mass is 339 g/mol. The average molecular weight is 340 g/mol. The summed E-state index contributed by atoms with van der Waals surface area (Å²) in [4.78, 5) is 5.14. The highest BCUT2D eigenvalue weighted by Crippen LogP contribution is 2.25. The van der Waals surface area contributed by atoms with Crippen molar-refractivity contribution < 1.29 is 0 Å². The standard InChI is InChI=1S/C16H26BrN3/c1-3-19(4-2)13-16(20-10-8-18-9-11-20)14-6-5-7-15(17)12-14/h5-7,12,16,18H,3-4,8-11,13H2,1-2H3. The van der Waals surface area contributed by atoms with Crippen LogP contribution in [0.1, 0.15) is 25.5 Å². The Morgan fingerprint density at radius 2 is 1.95 bits per heavy atom. The van der Waals surface area contributed by atoms with Gasteiger partial charge in [-0.3, -0.25) is 4.90 Å². The van der Waals surface area contributed by atoms with Gasteiger partial charge in [0.15, 0.2) is 0 Å². The van der Waals surface area contributed by atoms with Crippen molar-refractivity contribution >= 4 is 15.9 Å². The molecule has 0 amide bonds. The lowest BCUT2D eigenvalue weighted by atomic mass is 10.0. The van der Waals surface area contributed by atoms with E-state index in [0.29, 0.717) is 6.04 Å². The number of nitrogens with zero attached hydrogens (tertiary/aromatic N) is 2. The van der Waals surface area contributed by atoms with Gasteiger partial charge in [-0.1, -0.05) is 41.9 Å². The molecule has 0 spiro atoms. The van der Waals surface area contributed by atoms with Gasteiger partial charge in [0.2, 0.25) is 0 Å². The summed E-state index contributed by atoms with van der Waals surface area (Å²) in [5, 5.41) is 3.45. The molecule has 1 atom stereocenters. The highest BCUT2D eigenvalue weighted by atomic mass is 79.9. The number of likely N-dealkylation sites (N-methyl/N-ethyl adjacent to an activating group) is 1. The third-order valence-electron chi connectivity index (χ3n) is 4.15. The van der Waals surface area contributed by atoms with Gasteiger partial charge in [0.25, 0.3) is 0 Å². The maximum atomic E-state index is 3.61. The van der Waals surface area contributed by atoms with Gasteiger partial charge < -0.3 is 10.2 Å². The van der Waals surface area contributed by atoms with Crippen LogP contribution in [-0.4, -0.2) is 55.6 Å². The Morgan fingerprint density at radius 3 is 2.55 bits per heavy atom. The molecule has 1 aliphatic rings. The number of benzene rings is 1. The number of nitrogens with one attached hydrogen (secondary N) is 1. The second kappa shape index (κ2) is 8.13. The molecule has 1 unspecified atom stereocenters. The zero-order chi connectivity index (χ0) is 14.4. The van der Waals surface area contributed by atoms with E-state index in [1.165, 1.54) is 10.0 Å². The van der Waals surface area contributed by atoms with Gasteiger partial charge in [-0.2, -0.15) is 0 Å². The van der Waals surface area contributed by atoms with E-state index in [9.17, 15) is 0 Å². The fourth-order valence-electron chi connectivity index (χ4n) is 2.87. The molecule has 20 heavy (non-hydrogen) atoms. The number of halogens is 1. The van der Waals surface area contributed by atoms with Crippen LogP contribution >= 0.6 is 15.9 Å². The topological polar surface area (TPSA) is 18.5 Å². The maximum absolute atomic E-state index is 3.61. The Kier molecular flexibility index (Phi) is 6.49. The van der Waals surface area contributed by atoms with Crippen LogP contribution in [0.3, 0.4) is 0 Å². The van der Waals surface area contributed by atoms with Gasteiger partial charge >= 0.3 is 0 Å². The van der Waals surface area contributed by atoms with Gasteiger partial charge in [-0.15, -0.1) is 0 Å². The molecule has 1 saturated heterocycles. The van der Waals surface area contributed by atoms with Crippen molar-refractivity contribution in [2.24, 2.45) is 0 Å². The number of hydrogen-bond donors (Lipinski definition) is 1. The summed E-state index contributed by atoms with van der Waals surface area (Å²) in [6.45, 7) is 12.3. The lowest BCUT2D eigenvalue weighted by molar-refractivity contribution is 0.129. The Balaban J connectivity index is 2.18. The number of piperazine rings is 1. The normalized spacial score (nSPS) is 18.4. The Hall–Kier alpha value is -0.420. The molecule has 1 aliphatic heterocycles. The highest BCUT2D eigenvalue weighted by Gasteiger charge is 2.23. The zero-order valence-electron chi connectivity index (χ0n) is 12.6. The van der Waals surface area contributed by atoms with E-state index in [1.807, 2.05) is 0 Å². The molecule has 0 saturated carbocycles. The number of hydrogen-bond acceptors (Lipinski definition) is 3. The second-order valence-corrected chi connectivity index (χ2v) is 6.26. The molecular weight excluding hydrogens is 314 g/mol. The lowest BCUT2D eigenvalue weighted by Gasteiger charge is -2.37. The van der Waals surface area contributed by atoms with Crippen LogP contribution < -0.4 is 5.32 Å². The first-order valence-electron chi connectivity index (χ1n) is 7.67. The predicted molar refractivity (Wildman–Crippen MR) is 89.1 cm³/mol. The number of rotatable bonds is 6. The van der Waals surface area contributed by atoms with Crippen LogP contribution in [0.2, 0.25) is 0 Å². The smallest absolute Gasteiger partial charge is 0.0476 e. The Labute approximate surface area is 131 Å². The first-order chi connectivity index (χ1) is 9.74. The summed E-state index contributed by atoms with van der Waals surface area (Å²) in [6.07, 6.45) is 0. The van der Waals surface area contributed by atoms with Gasteiger partial charge in [-0.05, 0) is 30.8 Å². The minimum absolute atomic E-state index is 0.495. The quantitative estimate of drug-likeness (QED) is 0.859. The van der Waals surface area contributed by atoms with Crippen molar-refractivity contribution in [3.63, 3.8) is 0 Å². The van der Waals surface area contributed by atoms with Crippen LogP contribution in [0.25, 0.3) is 0 Å². The van der Waals surface area contributed by atoms with E-state index in [2.05, 4.69) is 69.2 Å². The first kappa shape index (κ1) is 16.0. The highest BCUT2D eigenvalue weighted by molar-refractivity contribution is 9.10. The fourth-order valence-corrected chi connectivity index (χ4v) is 3.28. The molecule has 1 fully saturated rings. The molecule has 3 nitrogen and oxygen atoms in total. The fraction of sp³-hybridized carbons (Fsp3) is 0.625. The van der Waals surface area contributed by atoms with Crippen molar-refractivity contribution in [1.29, 1.82) is 0 Å². The summed E-state index contributed by atoms with van der Waals surface area (Å²) in [6, 6.07) is 9.29. The molecule has 0 bridgehead atoms. The molecule has 1 aromatic rings. The average Bonchev–Trinajstić information content (AvgIpc) is 2.49. The molecule has 1 N–H and O–H groups in total. The van der Waals surface area contributed by atoms with Gasteiger partial charge in [0.1, 0.15) is 0 Å². The van der Waals surface area contributed by atoms with Gasteiger partial charge in [-0.25, -0.2) is 0 Å². The van der Waals surface area contributed by atoms with E-state index in [1.54, 1.807) is 0 Å². The van der Waals surface area contributed by atoms with E-state index in [4.69, 9.17) is 0 Å². The summed E-state index contributed by atoms with van der Waals surface area (Å²) < 4.78 is 1.18. The van der Waals surface area contributed by atoms with Crippen LogP contribution in [0.5, 0.6) is 0 Å². The van der Waals surface area contributed by atoms with Crippen molar-refractivity contribution in [3.05, 3.63) is 34.3 Å². The lowest BCUT2D eigenvalue weighted by Crippen LogP contribution is -2.48. The van der Waals surface area contributed by atoms with Crippen LogP contribution in [0.4, 0.5) is 0 Å². The maximum Gasteiger partial charge on any atom is 0.0476 e. The molecule has 1 heterocycles. The molecular formula is C16H26BrN3. The summed E-state index contributed by atoms with van der Waals surface area (Å²) in [5.74, 6) is 0. The minimum Gasteiger partial charge on any atom is -0.314 e. The second-order valence-electron chi connectivity index (χ2n) is 5.34. The van der Waals surface area contributed by atoms with Crippen LogP contribution in [-0.2, 0) is 0 Å². The molecule has 2 rings (SSSR count). The summed E-state index contributed by atoms with van der Waals surface area (Å²) in [7, 11) is 0. The largest absolute Gasteiger partial charge is 0.314 e. The summed E-state index contributed by atoms with van der Waals surface area (Å²) in [5.41, 5.74) is 1.42. The van der Waals surface area contributed by atoms with Crippen molar-refractivity contribution in [3.8, 4) is 0 Å². The predicted octanol–water partition coefficient (Wildman–Crippen LogP) is 2.74. The van der Waals surface area contributed by atoms with Crippen LogP contribution in [0, 0.1) is 0 Å². The van der Waals surface area contributed by atoms with Crippen LogP contribution in [0.15, 0.2) is 28.7 Å². The SMILES string of the molecule is CCN(CC)CC(c1cccc(Br)c1)N1CCNCC1. The molecule has 0 aliphatic carbocycles. The third-order valence-corrected chi connectivity index (χ3v) is 4.64. The molecule has 0 radical (unpaired) electrons. The van der Waals surface area contributed by atoms with Gasteiger partial charge in [0, 0.05) is 43.2 Å².